The van der Waals surface area contributed by atoms with Gasteiger partial charge in [-0.2, -0.15) is 0 Å². The van der Waals surface area contributed by atoms with Gasteiger partial charge in [-0.05, 0) is 37.3 Å². The highest BCUT2D eigenvalue weighted by Crippen LogP contribution is 2.32. The van der Waals surface area contributed by atoms with Crippen molar-refractivity contribution in [2.75, 3.05) is 0 Å². The zero-order chi connectivity index (χ0) is 15.0. The Morgan fingerprint density at radius 1 is 1.38 bits per heavy atom. The van der Waals surface area contributed by atoms with Crippen molar-refractivity contribution in [3.63, 3.8) is 0 Å². The number of carbonyl (C=O) groups is 2. The van der Waals surface area contributed by atoms with Crippen LogP contribution in [0.25, 0.3) is 10.9 Å². The standard InChI is InChI=1S/C16H18N2O3/c1-10-4-2-5-12-11(9-17-14(10)12)8-13(19)18-16(15(20)21)6-3-7-16/h2,4-5,9,17H,3,6-8H2,1H3,(H,18,19)(H,20,21). The average Bonchev–Trinajstić information content (AvgIpc) is 2.78. The van der Waals surface area contributed by atoms with Gasteiger partial charge in [0.15, 0.2) is 0 Å². The van der Waals surface area contributed by atoms with Gasteiger partial charge in [0.05, 0.1) is 6.42 Å². The minimum atomic E-state index is -1.04. The summed E-state index contributed by atoms with van der Waals surface area (Å²) < 4.78 is 0. The van der Waals surface area contributed by atoms with Crippen LogP contribution in [-0.4, -0.2) is 27.5 Å². The summed E-state index contributed by atoms with van der Waals surface area (Å²) in [5.41, 5.74) is 2.00. The highest BCUT2D eigenvalue weighted by molar-refractivity contribution is 5.93. The predicted molar refractivity (Wildman–Crippen MR) is 79.1 cm³/mol. The van der Waals surface area contributed by atoms with E-state index in [1.54, 1.807) is 0 Å². The number of aromatic nitrogens is 1. The molecule has 0 bridgehead atoms. The van der Waals surface area contributed by atoms with Gasteiger partial charge in [0.1, 0.15) is 5.54 Å². The number of aryl methyl sites for hydroxylation is 1. The number of aromatic amines is 1. The summed E-state index contributed by atoms with van der Waals surface area (Å²) >= 11 is 0. The molecule has 1 fully saturated rings. The SMILES string of the molecule is Cc1cccc2c(CC(=O)NC3(C(=O)O)CCC3)c[nH]c12. The van der Waals surface area contributed by atoms with E-state index in [1.165, 1.54) is 0 Å². The van der Waals surface area contributed by atoms with Gasteiger partial charge in [0, 0.05) is 17.1 Å². The minimum absolute atomic E-state index is 0.193. The Kier molecular flexibility index (Phi) is 3.20. The van der Waals surface area contributed by atoms with E-state index in [-0.39, 0.29) is 12.3 Å². The molecule has 0 aliphatic heterocycles. The van der Waals surface area contributed by atoms with Gasteiger partial charge in [0.25, 0.3) is 0 Å². The molecule has 1 saturated carbocycles. The lowest BCUT2D eigenvalue weighted by atomic mass is 9.76. The Morgan fingerprint density at radius 2 is 2.14 bits per heavy atom. The normalized spacial score (nSPS) is 16.4. The Balaban J connectivity index is 1.78. The van der Waals surface area contributed by atoms with Gasteiger partial charge >= 0.3 is 5.97 Å². The van der Waals surface area contributed by atoms with Crippen molar-refractivity contribution in [3.05, 3.63) is 35.5 Å². The number of carbonyl (C=O) groups excluding carboxylic acids is 1. The van der Waals surface area contributed by atoms with E-state index >= 15 is 0 Å². The molecule has 5 heteroatoms. The number of carboxylic acids is 1. The van der Waals surface area contributed by atoms with E-state index in [9.17, 15) is 14.7 Å². The zero-order valence-electron chi connectivity index (χ0n) is 11.9. The third-order valence-electron chi connectivity index (χ3n) is 4.36. The van der Waals surface area contributed by atoms with E-state index in [2.05, 4.69) is 10.3 Å². The maximum absolute atomic E-state index is 12.2. The molecule has 1 amide bonds. The maximum atomic E-state index is 12.2. The van der Waals surface area contributed by atoms with Crippen LogP contribution in [0.15, 0.2) is 24.4 Å². The fourth-order valence-electron chi connectivity index (χ4n) is 2.92. The molecule has 1 aliphatic carbocycles. The second kappa shape index (κ2) is 4.91. The molecule has 1 aliphatic rings. The average molecular weight is 286 g/mol. The van der Waals surface area contributed by atoms with E-state index < -0.39 is 11.5 Å². The van der Waals surface area contributed by atoms with Crippen molar-refractivity contribution in [2.45, 2.75) is 38.1 Å². The van der Waals surface area contributed by atoms with Crippen LogP contribution in [0.2, 0.25) is 0 Å². The number of nitrogens with one attached hydrogen (secondary N) is 2. The van der Waals surface area contributed by atoms with Crippen LogP contribution in [0.4, 0.5) is 0 Å². The first-order chi connectivity index (χ1) is 10.0. The van der Waals surface area contributed by atoms with E-state index in [0.717, 1.165) is 28.5 Å². The first-order valence-corrected chi connectivity index (χ1v) is 7.12. The monoisotopic (exact) mass is 286 g/mol. The molecule has 0 radical (unpaired) electrons. The molecule has 1 heterocycles. The number of carboxylic acid groups (broad SMARTS) is 1. The summed E-state index contributed by atoms with van der Waals surface area (Å²) in [7, 11) is 0. The summed E-state index contributed by atoms with van der Waals surface area (Å²) in [6, 6.07) is 5.94. The molecule has 0 spiro atoms. The Bertz CT molecular complexity index is 713. The number of rotatable bonds is 4. The summed E-state index contributed by atoms with van der Waals surface area (Å²) in [4.78, 5) is 26.6. The number of hydrogen-bond acceptors (Lipinski definition) is 2. The fourth-order valence-corrected chi connectivity index (χ4v) is 2.92. The van der Waals surface area contributed by atoms with Crippen LogP contribution in [0.3, 0.4) is 0 Å². The molecule has 3 rings (SSSR count). The molecule has 0 atom stereocenters. The van der Waals surface area contributed by atoms with Crippen LogP contribution in [0.1, 0.15) is 30.4 Å². The van der Waals surface area contributed by atoms with Gasteiger partial charge in [-0.15, -0.1) is 0 Å². The number of amides is 1. The van der Waals surface area contributed by atoms with Gasteiger partial charge < -0.3 is 15.4 Å². The van der Waals surface area contributed by atoms with Gasteiger partial charge in [-0.3, -0.25) is 4.79 Å². The number of fused-ring (bicyclic) bond motifs is 1. The van der Waals surface area contributed by atoms with E-state index in [4.69, 9.17) is 0 Å². The zero-order valence-corrected chi connectivity index (χ0v) is 11.9. The maximum Gasteiger partial charge on any atom is 0.329 e. The Labute approximate surface area is 122 Å². The first kappa shape index (κ1) is 13.7. The summed E-state index contributed by atoms with van der Waals surface area (Å²) in [6.07, 6.45) is 3.89. The van der Waals surface area contributed by atoms with Crippen LogP contribution >= 0.6 is 0 Å². The molecule has 0 saturated heterocycles. The lowest BCUT2D eigenvalue weighted by Gasteiger charge is -2.38. The van der Waals surface area contributed by atoms with Crippen molar-refractivity contribution >= 4 is 22.8 Å². The highest BCUT2D eigenvalue weighted by Gasteiger charge is 2.45. The largest absolute Gasteiger partial charge is 0.480 e. The minimum Gasteiger partial charge on any atom is -0.480 e. The second-order valence-electron chi connectivity index (χ2n) is 5.78. The summed E-state index contributed by atoms with van der Waals surface area (Å²) in [5.74, 6) is -1.17. The molecule has 1 aromatic carbocycles. The molecule has 5 nitrogen and oxygen atoms in total. The molecule has 2 aromatic rings. The highest BCUT2D eigenvalue weighted by atomic mass is 16.4. The first-order valence-electron chi connectivity index (χ1n) is 7.12. The van der Waals surface area contributed by atoms with Crippen LogP contribution in [0, 0.1) is 6.92 Å². The quantitative estimate of drug-likeness (QED) is 0.805. The molecule has 110 valence electrons. The van der Waals surface area contributed by atoms with E-state index in [1.807, 2.05) is 31.3 Å². The van der Waals surface area contributed by atoms with Crippen molar-refractivity contribution < 1.29 is 14.7 Å². The number of hydrogen-bond donors (Lipinski definition) is 3. The lowest BCUT2D eigenvalue weighted by molar-refractivity contribution is -0.151. The fraction of sp³-hybridized carbons (Fsp3) is 0.375. The van der Waals surface area contributed by atoms with Crippen molar-refractivity contribution in [1.82, 2.24) is 10.3 Å². The molecule has 0 unspecified atom stereocenters. The van der Waals surface area contributed by atoms with Gasteiger partial charge in [-0.1, -0.05) is 18.2 Å². The number of benzene rings is 1. The van der Waals surface area contributed by atoms with Gasteiger partial charge in [0.2, 0.25) is 5.91 Å². The van der Waals surface area contributed by atoms with Crippen LogP contribution in [-0.2, 0) is 16.0 Å². The second-order valence-corrected chi connectivity index (χ2v) is 5.78. The van der Waals surface area contributed by atoms with Crippen molar-refractivity contribution in [2.24, 2.45) is 0 Å². The Hall–Kier alpha value is -2.30. The molecule has 1 aromatic heterocycles. The van der Waals surface area contributed by atoms with E-state index in [0.29, 0.717) is 12.8 Å². The number of H-pyrrole nitrogens is 1. The van der Waals surface area contributed by atoms with Crippen molar-refractivity contribution in [1.29, 1.82) is 0 Å². The summed E-state index contributed by atoms with van der Waals surface area (Å²) in [6.45, 7) is 2.01. The molecule has 3 N–H and O–H groups in total. The molecular formula is C16H18N2O3. The topological polar surface area (TPSA) is 82.2 Å². The number of aliphatic carboxylic acids is 1. The van der Waals surface area contributed by atoms with Crippen LogP contribution < -0.4 is 5.32 Å². The third kappa shape index (κ3) is 2.28. The lowest BCUT2D eigenvalue weighted by Crippen LogP contribution is -2.59. The third-order valence-corrected chi connectivity index (χ3v) is 4.36. The smallest absolute Gasteiger partial charge is 0.329 e. The summed E-state index contributed by atoms with van der Waals surface area (Å²) in [5, 5.41) is 13.0. The van der Waals surface area contributed by atoms with Gasteiger partial charge in [-0.25, -0.2) is 4.79 Å². The predicted octanol–water partition coefficient (Wildman–Crippen LogP) is 2.14. The molecule has 21 heavy (non-hydrogen) atoms. The van der Waals surface area contributed by atoms with Crippen molar-refractivity contribution in [3.8, 4) is 0 Å². The Morgan fingerprint density at radius 3 is 2.76 bits per heavy atom. The van der Waals surface area contributed by atoms with Crippen LogP contribution in [0.5, 0.6) is 0 Å². The number of para-hydroxylation sites is 1. The molecular weight excluding hydrogens is 268 g/mol.